The van der Waals surface area contributed by atoms with Gasteiger partial charge in [-0.2, -0.15) is 0 Å². The molecule has 7 heteroatoms. The zero-order valence-electron chi connectivity index (χ0n) is 16.6. The standard InChI is InChI=1S/C23H21N3O4/c1-28-17-9-10-20(29-2)18(12-17)19-14-24-22(26-19)16-7-5-15(6-8-16)13-25-23(27)21-4-3-11-30-21/h3-12,14H,13H2,1-2H3,(H,24,26)(H,25,27). The lowest BCUT2D eigenvalue weighted by Crippen LogP contribution is -2.22. The van der Waals surface area contributed by atoms with Crippen LogP contribution in [0.15, 0.2) is 71.5 Å². The summed E-state index contributed by atoms with van der Waals surface area (Å²) in [6.07, 6.45) is 3.24. The molecule has 2 aromatic carbocycles. The highest BCUT2D eigenvalue weighted by Crippen LogP contribution is 2.33. The Kier molecular flexibility index (Phi) is 5.52. The highest BCUT2D eigenvalue weighted by molar-refractivity contribution is 5.91. The minimum absolute atomic E-state index is 0.244. The number of rotatable bonds is 7. The molecule has 0 saturated carbocycles. The zero-order chi connectivity index (χ0) is 20.9. The third kappa shape index (κ3) is 4.05. The van der Waals surface area contributed by atoms with E-state index >= 15 is 0 Å². The van der Waals surface area contributed by atoms with Gasteiger partial charge >= 0.3 is 0 Å². The van der Waals surface area contributed by atoms with Gasteiger partial charge in [-0.15, -0.1) is 0 Å². The Balaban J connectivity index is 1.48. The largest absolute Gasteiger partial charge is 0.497 e. The fraction of sp³-hybridized carbons (Fsp3) is 0.130. The molecule has 1 amide bonds. The normalized spacial score (nSPS) is 10.6. The first-order chi connectivity index (χ1) is 14.7. The molecule has 152 valence electrons. The molecule has 0 atom stereocenters. The molecule has 0 radical (unpaired) electrons. The summed E-state index contributed by atoms with van der Waals surface area (Å²) in [6, 6.07) is 16.7. The van der Waals surface area contributed by atoms with Gasteiger partial charge in [-0.05, 0) is 35.9 Å². The van der Waals surface area contributed by atoms with E-state index in [0.29, 0.717) is 12.3 Å². The van der Waals surface area contributed by atoms with Gasteiger partial charge in [-0.1, -0.05) is 24.3 Å². The van der Waals surface area contributed by atoms with Crippen molar-refractivity contribution in [2.75, 3.05) is 14.2 Å². The number of H-pyrrole nitrogens is 1. The number of ether oxygens (including phenoxy) is 2. The third-order valence-corrected chi connectivity index (χ3v) is 4.70. The summed E-state index contributed by atoms with van der Waals surface area (Å²) in [4.78, 5) is 19.8. The minimum Gasteiger partial charge on any atom is -0.497 e. The monoisotopic (exact) mass is 403 g/mol. The van der Waals surface area contributed by atoms with Gasteiger partial charge in [0.15, 0.2) is 5.76 Å². The Labute approximate surface area is 173 Å². The van der Waals surface area contributed by atoms with Crippen LogP contribution in [-0.2, 0) is 6.54 Å². The van der Waals surface area contributed by atoms with Crippen molar-refractivity contribution in [2.24, 2.45) is 0 Å². The average Bonchev–Trinajstić information content (AvgIpc) is 3.50. The van der Waals surface area contributed by atoms with E-state index in [1.807, 2.05) is 42.5 Å². The summed E-state index contributed by atoms with van der Waals surface area (Å²) in [5.74, 6) is 2.26. The second-order valence-corrected chi connectivity index (χ2v) is 6.57. The highest BCUT2D eigenvalue weighted by Gasteiger charge is 2.12. The summed E-state index contributed by atoms with van der Waals surface area (Å²) in [7, 11) is 3.26. The first-order valence-corrected chi connectivity index (χ1v) is 9.36. The summed E-state index contributed by atoms with van der Waals surface area (Å²) < 4.78 is 15.9. The zero-order valence-corrected chi connectivity index (χ0v) is 16.6. The predicted octanol–water partition coefficient (Wildman–Crippen LogP) is 4.28. The van der Waals surface area contributed by atoms with E-state index in [0.717, 1.165) is 39.7 Å². The molecule has 0 saturated heterocycles. The van der Waals surface area contributed by atoms with Gasteiger partial charge in [0.05, 0.1) is 32.4 Å². The van der Waals surface area contributed by atoms with Crippen LogP contribution in [0.25, 0.3) is 22.6 Å². The van der Waals surface area contributed by atoms with Crippen molar-refractivity contribution in [1.29, 1.82) is 0 Å². The van der Waals surface area contributed by atoms with Crippen molar-refractivity contribution in [3.05, 3.63) is 78.4 Å². The number of amides is 1. The lowest BCUT2D eigenvalue weighted by Gasteiger charge is -2.09. The maximum absolute atomic E-state index is 12.0. The first-order valence-electron chi connectivity index (χ1n) is 9.36. The Morgan fingerprint density at radius 3 is 2.63 bits per heavy atom. The Morgan fingerprint density at radius 1 is 1.10 bits per heavy atom. The van der Waals surface area contributed by atoms with Crippen LogP contribution in [0.5, 0.6) is 11.5 Å². The third-order valence-electron chi connectivity index (χ3n) is 4.70. The first kappa shape index (κ1) is 19.3. The van der Waals surface area contributed by atoms with Gasteiger partial charge in [0.1, 0.15) is 17.3 Å². The summed E-state index contributed by atoms with van der Waals surface area (Å²) in [5, 5.41) is 2.83. The second-order valence-electron chi connectivity index (χ2n) is 6.57. The second kappa shape index (κ2) is 8.57. The molecule has 0 fully saturated rings. The summed E-state index contributed by atoms with van der Waals surface area (Å²) in [6.45, 7) is 0.407. The van der Waals surface area contributed by atoms with Crippen LogP contribution in [-0.4, -0.2) is 30.1 Å². The molecule has 2 N–H and O–H groups in total. The number of hydrogen-bond donors (Lipinski definition) is 2. The molecule has 2 aromatic heterocycles. The molecule has 4 aromatic rings. The van der Waals surface area contributed by atoms with E-state index in [4.69, 9.17) is 13.9 Å². The maximum Gasteiger partial charge on any atom is 0.287 e. The molecule has 0 spiro atoms. The van der Waals surface area contributed by atoms with Crippen molar-refractivity contribution in [1.82, 2.24) is 15.3 Å². The average molecular weight is 403 g/mol. The van der Waals surface area contributed by atoms with E-state index in [2.05, 4.69) is 15.3 Å². The van der Waals surface area contributed by atoms with Crippen LogP contribution in [0.3, 0.4) is 0 Å². The minimum atomic E-state index is -0.244. The van der Waals surface area contributed by atoms with Gasteiger partial charge in [0, 0.05) is 17.7 Å². The Bertz CT molecular complexity index is 1130. The lowest BCUT2D eigenvalue weighted by atomic mass is 10.1. The van der Waals surface area contributed by atoms with Gasteiger partial charge in [-0.25, -0.2) is 4.98 Å². The van der Waals surface area contributed by atoms with E-state index in [-0.39, 0.29) is 5.91 Å². The van der Waals surface area contributed by atoms with Crippen LogP contribution >= 0.6 is 0 Å². The Hall–Kier alpha value is -4.00. The molecule has 0 aliphatic carbocycles. The van der Waals surface area contributed by atoms with Crippen LogP contribution < -0.4 is 14.8 Å². The SMILES string of the molecule is COc1ccc(OC)c(-c2cnc(-c3ccc(CNC(=O)c4ccco4)cc3)[nH]2)c1. The molecule has 30 heavy (non-hydrogen) atoms. The molecular weight excluding hydrogens is 382 g/mol. The van der Waals surface area contributed by atoms with Gasteiger partial charge in [-0.3, -0.25) is 4.79 Å². The fourth-order valence-corrected chi connectivity index (χ4v) is 3.09. The number of carbonyl (C=O) groups is 1. The predicted molar refractivity (Wildman–Crippen MR) is 112 cm³/mol. The van der Waals surface area contributed by atoms with Crippen molar-refractivity contribution in [3.8, 4) is 34.1 Å². The quantitative estimate of drug-likeness (QED) is 0.481. The molecular formula is C23H21N3O4. The molecule has 0 aliphatic rings. The van der Waals surface area contributed by atoms with E-state index in [1.54, 1.807) is 32.5 Å². The molecule has 0 bridgehead atoms. The number of hydrogen-bond acceptors (Lipinski definition) is 5. The summed E-state index contributed by atoms with van der Waals surface area (Å²) >= 11 is 0. The molecule has 0 unspecified atom stereocenters. The number of nitrogens with zero attached hydrogens (tertiary/aromatic N) is 1. The van der Waals surface area contributed by atoms with Crippen LogP contribution in [0.4, 0.5) is 0 Å². The topological polar surface area (TPSA) is 89.4 Å². The number of methoxy groups -OCH3 is 2. The number of nitrogens with one attached hydrogen (secondary N) is 2. The van der Waals surface area contributed by atoms with Crippen LogP contribution in [0.2, 0.25) is 0 Å². The number of benzene rings is 2. The smallest absolute Gasteiger partial charge is 0.287 e. The van der Waals surface area contributed by atoms with E-state index in [1.165, 1.54) is 6.26 Å². The summed E-state index contributed by atoms with van der Waals surface area (Å²) in [5.41, 5.74) is 3.60. The van der Waals surface area contributed by atoms with Crippen molar-refractivity contribution >= 4 is 5.91 Å². The molecule has 4 rings (SSSR count). The van der Waals surface area contributed by atoms with E-state index < -0.39 is 0 Å². The van der Waals surface area contributed by atoms with Gasteiger partial charge in [0.2, 0.25) is 0 Å². The lowest BCUT2D eigenvalue weighted by molar-refractivity contribution is 0.0923. The van der Waals surface area contributed by atoms with Gasteiger partial charge < -0.3 is 24.2 Å². The van der Waals surface area contributed by atoms with Crippen molar-refractivity contribution < 1.29 is 18.7 Å². The van der Waals surface area contributed by atoms with Crippen LogP contribution in [0, 0.1) is 0 Å². The molecule has 7 nitrogen and oxygen atoms in total. The molecule has 0 aliphatic heterocycles. The van der Waals surface area contributed by atoms with Gasteiger partial charge in [0.25, 0.3) is 5.91 Å². The molecule has 2 heterocycles. The number of aromatic amines is 1. The number of furan rings is 1. The number of aromatic nitrogens is 2. The van der Waals surface area contributed by atoms with E-state index in [9.17, 15) is 4.79 Å². The number of carbonyl (C=O) groups excluding carboxylic acids is 1. The maximum atomic E-state index is 12.0. The Morgan fingerprint density at radius 2 is 1.93 bits per heavy atom. The van der Waals surface area contributed by atoms with Crippen molar-refractivity contribution in [2.45, 2.75) is 6.54 Å². The fourth-order valence-electron chi connectivity index (χ4n) is 3.09. The number of imidazole rings is 1. The van der Waals surface area contributed by atoms with Crippen LogP contribution in [0.1, 0.15) is 16.1 Å². The highest BCUT2D eigenvalue weighted by atomic mass is 16.5. The van der Waals surface area contributed by atoms with Crippen molar-refractivity contribution in [3.63, 3.8) is 0 Å².